The normalized spacial score (nSPS) is 23.5. The van der Waals surface area contributed by atoms with Gasteiger partial charge >= 0.3 is 0 Å². The van der Waals surface area contributed by atoms with E-state index >= 15 is 0 Å². The molecule has 0 saturated carbocycles. The third-order valence-corrected chi connectivity index (χ3v) is 5.72. The Morgan fingerprint density at radius 1 is 1.21 bits per heavy atom. The zero-order valence-corrected chi connectivity index (χ0v) is 14.1. The Morgan fingerprint density at radius 2 is 1.96 bits per heavy atom. The van der Waals surface area contributed by atoms with Crippen LogP contribution < -0.4 is 9.64 Å². The first kappa shape index (κ1) is 15.0. The second kappa shape index (κ2) is 4.72. The van der Waals surface area contributed by atoms with Crippen LogP contribution in [0.4, 0.5) is 11.4 Å². The summed E-state index contributed by atoms with van der Waals surface area (Å²) in [6.45, 7) is 4.43. The fraction of sp³-hybridized carbons (Fsp3) is 0.368. The molecule has 2 aromatic carbocycles. The molecule has 1 atom stereocenters. The van der Waals surface area contributed by atoms with Crippen molar-refractivity contribution in [3.63, 3.8) is 0 Å². The molecule has 0 amide bonds. The molecule has 0 N–H and O–H groups in total. The highest BCUT2D eigenvalue weighted by molar-refractivity contribution is 5.66. The maximum absolute atomic E-state index is 11.0. The summed E-state index contributed by atoms with van der Waals surface area (Å²) in [4.78, 5) is 12.9. The van der Waals surface area contributed by atoms with E-state index in [4.69, 9.17) is 4.74 Å². The molecular formula is C19H20N2O3. The highest BCUT2D eigenvalue weighted by atomic mass is 16.6. The van der Waals surface area contributed by atoms with Crippen LogP contribution in [0.25, 0.3) is 0 Å². The smallest absolute Gasteiger partial charge is 0.269 e. The van der Waals surface area contributed by atoms with E-state index < -0.39 is 5.72 Å². The second-order valence-corrected chi connectivity index (χ2v) is 7.14. The fourth-order valence-corrected chi connectivity index (χ4v) is 4.31. The predicted molar refractivity (Wildman–Crippen MR) is 92.6 cm³/mol. The number of para-hydroxylation sites is 1. The van der Waals surface area contributed by atoms with Crippen LogP contribution in [0.1, 0.15) is 31.4 Å². The molecule has 5 nitrogen and oxygen atoms in total. The Bertz CT molecular complexity index is 846. The molecule has 4 rings (SSSR count). The van der Waals surface area contributed by atoms with Crippen LogP contribution in [0.15, 0.2) is 42.5 Å². The van der Waals surface area contributed by atoms with Gasteiger partial charge in [-0.3, -0.25) is 10.1 Å². The van der Waals surface area contributed by atoms with Gasteiger partial charge in [0.2, 0.25) is 0 Å². The van der Waals surface area contributed by atoms with Gasteiger partial charge in [0.1, 0.15) is 5.75 Å². The number of fused-ring (bicyclic) bond motifs is 2. The summed E-state index contributed by atoms with van der Waals surface area (Å²) in [5.74, 6) is 0.750. The van der Waals surface area contributed by atoms with Gasteiger partial charge in [-0.15, -0.1) is 0 Å². The molecule has 0 saturated heterocycles. The SMILES string of the molecule is CN1c2ccccc2C(C)(C)[C@]12CCc1cc([N+](=O)[O-])ccc1O2. The van der Waals surface area contributed by atoms with Gasteiger partial charge in [-0.25, -0.2) is 0 Å². The summed E-state index contributed by atoms with van der Waals surface area (Å²) in [7, 11) is 2.07. The zero-order chi connectivity index (χ0) is 17.1. The van der Waals surface area contributed by atoms with E-state index in [-0.39, 0.29) is 16.0 Å². The van der Waals surface area contributed by atoms with Gasteiger partial charge < -0.3 is 9.64 Å². The lowest BCUT2D eigenvalue weighted by Crippen LogP contribution is -2.60. The number of likely N-dealkylation sites (N-methyl/N-ethyl adjacent to an activating group) is 1. The average Bonchev–Trinajstić information content (AvgIpc) is 2.74. The van der Waals surface area contributed by atoms with Crippen molar-refractivity contribution in [1.82, 2.24) is 0 Å². The second-order valence-electron chi connectivity index (χ2n) is 7.14. The van der Waals surface area contributed by atoms with Gasteiger partial charge in [-0.05, 0) is 38.0 Å². The molecule has 2 aliphatic heterocycles. The Kier molecular flexibility index (Phi) is 2.95. The number of nitrogens with zero attached hydrogens (tertiary/aromatic N) is 2. The maximum Gasteiger partial charge on any atom is 0.269 e. The lowest BCUT2D eigenvalue weighted by atomic mass is 9.74. The van der Waals surface area contributed by atoms with Crippen LogP contribution in [0.5, 0.6) is 5.75 Å². The number of ether oxygens (including phenoxy) is 1. The van der Waals surface area contributed by atoms with Crippen molar-refractivity contribution >= 4 is 11.4 Å². The van der Waals surface area contributed by atoms with E-state index in [2.05, 4.69) is 44.0 Å². The average molecular weight is 324 g/mol. The molecule has 124 valence electrons. The summed E-state index contributed by atoms with van der Waals surface area (Å²) in [5.41, 5.74) is 2.84. The van der Waals surface area contributed by atoms with E-state index in [0.29, 0.717) is 0 Å². The number of aryl methyl sites for hydroxylation is 1. The Hall–Kier alpha value is -2.56. The largest absolute Gasteiger partial charge is 0.467 e. The summed E-state index contributed by atoms with van der Waals surface area (Å²) in [6, 6.07) is 13.3. The van der Waals surface area contributed by atoms with E-state index in [1.807, 2.05) is 6.07 Å². The van der Waals surface area contributed by atoms with Gasteiger partial charge in [0.05, 0.1) is 10.3 Å². The molecule has 0 aromatic heterocycles. The van der Waals surface area contributed by atoms with Gasteiger partial charge in [-0.2, -0.15) is 0 Å². The van der Waals surface area contributed by atoms with E-state index in [1.165, 1.54) is 17.3 Å². The van der Waals surface area contributed by atoms with Crippen LogP contribution in [0.3, 0.4) is 0 Å². The molecule has 5 heteroatoms. The third-order valence-electron chi connectivity index (χ3n) is 5.72. The molecule has 0 aliphatic carbocycles. The van der Waals surface area contributed by atoms with E-state index in [0.717, 1.165) is 24.2 Å². The number of nitro benzene ring substituents is 1. The predicted octanol–water partition coefficient (Wildman–Crippen LogP) is 4.04. The lowest BCUT2D eigenvalue weighted by molar-refractivity contribution is -0.385. The zero-order valence-electron chi connectivity index (χ0n) is 14.1. The molecule has 0 fully saturated rings. The molecular weight excluding hydrogens is 304 g/mol. The van der Waals surface area contributed by atoms with Crippen molar-refractivity contribution in [2.24, 2.45) is 0 Å². The minimum Gasteiger partial charge on any atom is -0.467 e. The van der Waals surface area contributed by atoms with Crippen LogP contribution in [-0.2, 0) is 11.8 Å². The molecule has 24 heavy (non-hydrogen) atoms. The number of nitro groups is 1. The molecule has 2 heterocycles. The van der Waals surface area contributed by atoms with Gasteiger partial charge in [0, 0.05) is 36.9 Å². The summed E-state index contributed by atoms with van der Waals surface area (Å²) < 4.78 is 6.53. The summed E-state index contributed by atoms with van der Waals surface area (Å²) >= 11 is 0. The number of benzene rings is 2. The quantitative estimate of drug-likeness (QED) is 0.587. The monoisotopic (exact) mass is 324 g/mol. The molecule has 0 bridgehead atoms. The lowest BCUT2D eigenvalue weighted by Gasteiger charge is -2.48. The van der Waals surface area contributed by atoms with Crippen molar-refractivity contribution in [2.45, 2.75) is 37.8 Å². The molecule has 1 spiro atoms. The topological polar surface area (TPSA) is 55.6 Å². The third kappa shape index (κ3) is 1.75. The van der Waals surface area contributed by atoms with Crippen LogP contribution in [0.2, 0.25) is 0 Å². The fourth-order valence-electron chi connectivity index (χ4n) is 4.31. The number of non-ortho nitro benzene ring substituents is 1. The molecule has 2 aromatic rings. The number of rotatable bonds is 1. The molecule has 2 aliphatic rings. The minimum atomic E-state index is -0.472. The Balaban J connectivity index is 1.80. The number of anilines is 1. The minimum absolute atomic E-state index is 0.121. The van der Waals surface area contributed by atoms with Crippen molar-refractivity contribution in [3.05, 3.63) is 63.7 Å². The van der Waals surface area contributed by atoms with Gasteiger partial charge in [0.25, 0.3) is 5.69 Å². The maximum atomic E-state index is 11.0. The number of hydrogen-bond acceptors (Lipinski definition) is 4. The van der Waals surface area contributed by atoms with Gasteiger partial charge in [-0.1, -0.05) is 18.2 Å². The summed E-state index contributed by atoms with van der Waals surface area (Å²) in [6.07, 6.45) is 1.55. The first-order chi connectivity index (χ1) is 11.4. The van der Waals surface area contributed by atoms with E-state index in [9.17, 15) is 10.1 Å². The van der Waals surface area contributed by atoms with Crippen molar-refractivity contribution in [1.29, 1.82) is 0 Å². The first-order valence-electron chi connectivity index (χ1n) is 8.16. The first-order valence-corrected chi connectivity index (χ1v) is 8.16. The number of hydrogen-bond donors (Lipinski definition) is 0. The Labute approximate surface area is 141 Å². The molecule has 0 radical (unpaired) electrons. The standard InChI is InChI=1S/C19H20N2O3/c1-18(2)15-6-4-5-7-16(15)20(3)19(18)11-10-13-12-14(21(22)23)8-9-17(13)24-19/h4-9,12H,10-11H2,1-3H3/t19-/m1/s1. The van der Waals surface area contributed by atoms with Crippen molar-refractivity contribution in [2.75, 3.05) is 11.9 Å². The summed E-state index contributed by atoms with van der Waals surface area (Å²) in [5, 5.41) is 11.0. The van der Waals surface area contributed by atoms with E-state index in [1.54, 1.807) is 12.1 Å². The molecule has 0 unspecified atom stereocenters. The highest BCUT2D eigenvalue weighted by Crippen LogP contribution is 2.55. The van der Waals surface area contributed by atoms with Crippen molar-refractivity contribution in [3.8, 4) is 5.75 Å². The van der Waals surface area contributed by atoms with Crippen LogP contribution in [0, 0.1) is 10.1 Å². The Morgan fingerprint density at radius 3 is 2.67 bits per heavy atom. The van der Waals surface area contributed by atoms with Crippen LogP contribution in [-0.4, -0.2) is 17.7 Å². The highest BCUT2D eigenvalue weighted by Gasteiger charge is 2.58. The van der Waals surface area contributed by atoms with Crippen molar-refractivity contribution < 1.29 is 9.66 Å². The van der Waals surface area contributed by atoms with Crippen LogP contribution >= 0.6 is 0 Å². The van der Waals surface area contributed by atoms with Gasteiger partial charge in [0.15, 0.2) is 5.72 Å².